The van der Waals surface area contributed by atoms with Gasteiger partial charge in [0.05, 0.1) is 43.2 Å². The Morgan fingerprint density at radius 1 is 0.921 bits per heavy atom. The van der Waals surface area contributed by atoms with Crippen LogP contribution >= 0.6 is 0 Å². The highest BCUT2D eigenvalue weighted by atomic mass is 16.5. The van der Waals surface area contributed by atoms with Gasteiger partial charge in [-0.05, 0) is 37.8 Å². The van der Waals surface area contributed by atoms with E-state index in [-0.39, 0.29) is 42.0 Å². The van der Waals surface area contributed by atoms with E-state index >= 15 is 0 Å². The van der Waals surface area contributed by atoms with Crippen molar-refractivity contribution in [3.05, 3.63) is 29.3 Å². The number of nitrogens with one attached hydrogen (secondary N) is 2. The maximum atomic E-state index is 13.1. The van der Waals surface area contributed by atoms with E-state index < -0.39 is 29.7 Å². The number of imide groups is 2. The summed E-state index contributed by atoms with van der Waals surface area (Å²) in [7, 11) is 0. The first-order chi connectivity index (χ1) is 18.4. The van der Waals surface area contributed by atoms with Crippen molar-refractivity contribution in [2.75, 3.05) is 45.0 Å². The first-order valence-corrected chi connectivity index (χ1v) is 13.3. The number of ether oxygens (including phenoxy) is 3. The first-order valence-electron chi connectivity index (χ1n) is 13.3. The number of hydrogen-bond acceptors (Lipinski definition) is 8. The smallest absolute Gasteiger partial charge is 0.264 e. The van der Waals surface area contributed by atoms with Gasteiger partial charge >= 0.3 is 0 Å². The van der Waals surface area contributed by atoms with Gasteiger partial charge < -0.3 is 19.5 Å². The van der Waals surface area contributed by atoms with Gasteiger partial charge in [0, 0.05) is 26.1 Å². The molecule has 2 aliphatic heterocycles. The number of benzene rings is 1. The normalized spacial score (nSPS) is 17.1. The highest BCUT2D eigenvalue weighted by Crippen LogP contribution is 2.32. The summed E-state index contributed by atoms with van der Waals surface area (Å²) in [6, 6.07) is 3.57. The first kappa shape index (κ1) is 29.4. The minimum absolute atomic E-state index is 0.0425. The molecule has 1 unspecified atom stereocenters. The molecule has 2 N–H and O–H groups in total. The van der Waals surface area contributed by atoms with Crippen LogP contribution in [0.2, 0.25) is 0 Å². The molecular formula is C27H37N3O8. The largest absolute Gasteiger partial charge is 0.379 e. The molecular weight excluding hydrogens is 494 g/mol. The number of piperidine rings is 1. The molecule has 11 heteroatoms. The Labute approximate surface area is 222 Å². The summed E-state index contributed by atoms with van der Waals surface area (Å²) >= 11 is 0. The number of carbonyl (C=O) groups is 5. The molecule has 11 nitrogen and oxygen atoms in total. The summed E-state index contributed by atoms with van der Waals surface area (Å²) < 4.78 is 16.4. The summed E-state index contributed by atoms with van der Waals surface area (Å²) in [5.41, 5.74) is 0.432. The fourth-order valence-electron chi connectivity index (χ4n) is 4.29. The molecule has 1 aromatic carbocycles. The number of amides is 5. The number of carbonyl (C=O) groups excluding carboxylic acids is 5. The van der Waals surface area contributed by atoms with Crippen molar-refractivity contribution in [3.8, 4) is 0 Å². The van der Waals surface area contributed by atoms with Crippen LogP contribution in [0.4, 0.5) is 5.69 Å². The van der Waals surface area contributed by atoms with Gasteiger partial charge in [-0.2, -0.15) is 0 Å². The van der Waals surface area contributed by atoms with E-state index in [1.54, 1.807) is 12.1 Å². The van der Waals surface area contributed by atoms with E-state index in [1.165, 1.54) is 6.07 Å². The second kappa shape index (κ2) is 15.3. The summed E-state index contributed by atoms with van der Waals surface area (Å²) in [5, 5.41) is 4.90. The maximum Gasteiger partial charge on any atom is 0.264 e. The summed E-state index contributed by atoms with van der Waals surface area (Å²) in [5.74, 6) is -2.64. The summed E-state index contributed by atoms with van der Waals surface area (Å²) in [6.45, 7) is 5.65. The van der Waals surface area contributed by atoms with E-state index in [0.29, 0.717) is 39.5 Å². The number of unbranched alkanes of at least 4 members (excludes halogenated alkanes) is 3. The molecule has 0 aliphatic carbocycles. The van der Waals surface area contributed by atoms with Crippen LogP contribution in [0.5, 0.6) is 0 Å². The highest BCUT2D eigenvalue weighted by Gasteiger charge is 2.45. The van der Waals surface area contributed by atoms with E-state index in [2.05, 4.69) is 17.6 Å². The standard InChI is InChI=1S/C27H37N3O8/c1-2-3-13-36-15-17-38-18-16-37-14-6-4-5-10-22(31)28-20-9-7-8-19-24(20)27(35)30(26(19)34)21-11-12-23(32)29-25(21)33/h7-9,21H,2-6,10-18H2,1H3,(H,28,31)(H,29,32,33). The average Bonchev–Trinajstić information content (AvgIpc) is 3.15. The van der Waals surface area contributed by atoms with Crippen molar-refractivity contribution in [1.29, 1.82) is 0 Å². The van der Waals surface area contributed by atoms with Crippen molar-refractivity contribution >= 4 is 35.2 Å². The third-order valence-corrected chi connectivity index (χ3v) is 6.32. The average molecular weight is 532 g/mol. The minimum Gasteiger partial charge on any atom is -0.379 e. The van der Waals surface area contributed by atoms with Gasteiger partial charge in [-0.25, -0.2) is 0 Å². The SMILES string of the molecule is CCCCOCCOCCOCCCCCC(=O)Nc1cccc2c1C(=O)N(C1CCC(=O)NC1=O)C2=O. The summed E-state index contributed by atoms with van der Waals surface area (Å²) in [6.07, 6.45) is 4.79. The monoisotopic (exact) mass is 531 g/mol. The van der Waals surface area contributed by atoms with Crippen LogP contribution in [0.15, 0.2) is 18.2 Å². The number of anilines is 1. The van der Waals surface area contributed by atoms with Gasteiger partial charge in [0.2, 0.25) is 17.7 Å². The van der Waals surface area contributed by atoms with Crippen molar-refractivity contribution in [3.63, 3.8) is 0 Å². The Hall–Kier alpha value is -3.15. The molecule has 3 rings (SSSR count). The molecule has 2 heterocycles. The predicted molar refractivity (Wildman–Crippen MR) is 138 cm³/mol. The van der Waals surface area contributed by atoms with Gasteiger partial charge in [-0.3, -0.25) is 34.2 Å². The third-order valence-electron chi connectivity index (χ3n) is 6.32. The molecule has 2 aliphatic rings. The molecule has 1 aromatic rings. The van der Waals surface area contributed by atoms with E-state index in [9.17, 15) is 24.0 Å². The zero-order chi connectivity index (χ0) is 27.3. The molecule has 0 spiro atoms. The molecule has 1 fully saturated rings. The molecule has 0 bridgehead atoms. The number of nitrogens with zero attached hydrogens (tertiary/aromatic N) is 1. The Morgan fingerprint density at radius 2 is 1.61 bits per heavy atom. The van der Waals surface area contributed by atoms with Crippen LogP contribution in [0.25, 0.3) is 0 Å². The lowest BCUT2D eigenvalue weighted by atomic mass is 10.0. The third kappa shape index (κ3) is 8.17. The molecule has 38 heavy (non-hydrogen) atoms. The second-order valence-corrected chi connectivity index (χ2v) is 9.22. The van der Waals surface area contributed by atoms with E-state index in [0.717, 1.165) is 37.2 Å². The van der Waals surface area contributed by atoms with Crippen LogP contribution < -0.4 is 10.6 Å². The fourth-order valence-corrected chi connectivity index (χ4v) is 4.29. The molecule has 0 saturated carbocycles. The lowest BCUT2D eigenvalue weighted by Gasteiger charge is -2.27. The Morgan fingerprint density at radius 3 is 2.29 bits per heavy atom. The van der Waals surface area contributed by atoms with Gasteiger partial charge in [0.15, 0.2) is 0 Å². The van der Waals surface area contributed by atoms with Crippen LogP contribution in [-0.4, -0.2) is 80.1 Å². The molecule has 208 valence electrons. The summed E-state index contributed by atoms with van der Waals surface area (Å²) in [4.78, 5) is 63.1. The van der Waals surface area contributed by atoms with Crippen LogP contribution in [0.1, 0.15) is 79.0 Å². The van der Waals surface area contributed by atoms with E-state index in [4.69, 9.17) is 14.2 Å². The molecule has 0 aromatic heterocycles. The molecule has 5 amide bonds. The predicted octanol–water partition coefficient (Wildman–Crippen LogP) is 2.44. The second-order valence-electron chi connectivity index (χ2n) is 9.22. The zero-order valence-electron chi connectivity index (χ0n) is 21.9. The molecule has 0 radical (unpaired) electrons. The van der Waals surface area contributed by atoms with Crippen molar-refractivity contribution in [2.45, 2.75) is 64.3 Å². The maximum absolute atomic E-state index is 13.1. The van der Waals surface area contributed by atoms with E-state index in [1.807, 2.05) is 0 Å². The number of hydrogen-bond donors (Lipinski definition) is 2. The van der Waals surface area contributed by atoms with Crippen molar-refractivity contribution in [1.82, 2.24) is 10.2 Å². The highest BCUT2D eigenvalue weighted by molar-refractivity contribution is 6.26. The topological polar surface area (TPSA) is 140 Å². The molecule has 1 atom stereocenters. The van der Waals surface area contributed by atoms with Crippen molar-refractivity contribution < 1.29 is 38.2 Å². The fraction of sp³-hybridized carbons (Fsp3) is 0.593. The van der Waals surface area contributed by atoms with Crippen LogP contribution in [0, 0.1) is 0 Å². The zero-order valence-corrected chi connectivity index (χ0v) is 21.9. The molecule has 1 saturated heterocycles. The van der Waals surface area contributed by atoms with Gasteiger partial charge in [-0.15, -0.1) is 0 Å². The van der Waals surface area contributed by atoms with Gasteiger partial charge in [0.25, 0.3) is 11.8 Å². The Bertz CT molecular complexity index is 1010. The number of fused-ring (bicyclic) bond motifs is 1. The minimum atomic E-state index is -1.05. The van der Waals surface area contributed by atoms with Crippen LogP contribution in [0.3, 0.4) is 0 Å². The van der Waals surface area contributed by atoms with Gasteiger partial charge in [0.1, 0.15) is 6.04 Å². The Kier molecular flexibility index (Phi) is 11.8. The lowest BCUT2D eigenvalue weighted by molar-refractivity contribution is -0.136. The lowest BCUT2D eigenvalue weighted by Crippen LogP contribution is -2.54. The van der Waals surface area contributed by atoms with Gasteiger partial charge in [-0.1, -0.05) is 25.8 Å². The van der Waals surface area contributed by atoms with Crippen LogP contribution in [-0.2, 0) is 28.6 Å². The Balaban J connectivity index is 1.34. The quantitative estimate of drug-likeness (QED) is 0.231. The van der Waals surface area contributed by atoms with Crippen molar-refractivity contribution in [2.24, 2.45) is 0 Å². The number of rotatable bonds is 17.